The van der Waals surface area contributed by atoms with E-state index in [9.17, 15) is 5.11 Å². The van der Waals surface area contributed by atoms with Crippen LogP contribution in [0.5, 0.6) is 0 Å². The molecule has 0 aliphatic heterocycles. The van der Waals surface area contributed by atoms with Gasteiger partial charge >= 0.3 is 0 Å². The summed E-state index contributed by atoms with van der Waals surface area (Å²) in [6, 6.07) is 15.9. The first-order valence-corrected chi connectivity index (χ1v) is 7.73. The van der Waals surface area contributed by atoms with E-state index in [1.807, 2.05) is 24.3 Å². The van der Waals surface area contributed by atoms with Crippen LogP contribution in [0.1, 0.15) is 30.6 Å². The molecule has 0 spiro atoms. The number of aliphatic hydroxyl groups is 1. The zero-order valence-corrected chi connectivity index (χ0v) is 13.3. The van der Waals surface area contributed by atoms with Gasteiger partial charge in [-0.25, -0.2) is 0 Å². The standard InChI is InChI=1S/C18H22ClNO/c1-3-20(17-10-4-14(2)5-11-17)13-12-18(21)15-6-8-16(19)9-7-15/h4-11,18,21H,3,12-13H2,1-2H3. The lowest BCUT2D eigenvalue weighted by Gasteiger charge is -2.24. The molecule has 0 radical (unpaired) electrons. The smallest absolute Gasteiger partial charge is 0.0806 e. The highest BCUT2D eigenvalue weighted by atomic mass is 35.5. The number of hydrogen-bond acceptors (Lipinski definition) is 2. The Labute approximate surface area is 132 Å². The second kappa shape index (κ2) is 7.48. The molecular formula is C18H22ClNO. The van der Waals surface area contributed by atoms with Crippen LogP contribution in [0.4, 0.5) is 5.69 Å². The SMILES string of the molecule is CCN(CCC(O)c1ccc(Cl)cc1)c1ccc(C)cc1. The highest BCUT2D eigenvalue weighted by molar-refractivity contribution is 6.30. The number of hydrogen-bond donors (Lipinski definition) is 1. The largest absolute Gasteiger partial charge is 0.388 e. The zero-order chi connectivity index (χ0) is 15.2. The van der Waals surface area contributed by atoms with E-state index in [1.54, 1.807) is 0 Å². The molecule has 0 bridgehead atoms. The Bertz CT molecular complexity index is 550. The van der Waals surface area contributed by atoms with Crippen molar-refractivity contribution in [3.05, 3.63) is 64.7 Å². The monoisotopic (exact) mass is 303 g/mol. The number of nitrogens with zero attached hydrogens (tertiary/aromatic N) is 1. The van der Waals surface area contributed by atoms with Crippen LogP contribution in [0.25, 0.3) is 0 Å². The van der Waals surface area contributed by atoms with Crippen molar-refractivity contribution in [1.29, 1.82) is 0 Å². The first-order valence-electron chi connectivity index (χ1n) is 7.35. The Morgan fingerprint density at radius 2 is 1.67 bits per heavy atom. The van der Waals surface area contributed by atoms with Gasteiger partial charge in [0.25, 0.3) is 0 Å². The minimum absolute atomic E-state index is 0.457. The quantitative estimate of drug-likeness (QED) is 0.843. The molecule has 1 unspecified atom stereocenters. The molecule has 0 amide bonds. The Kier molecular flexibility index (Phi) is 5.66. The zero-order valence-electron chi connectivity index (χ0n) is 12.6. The molecule has 0 fully saturated rings. The van der Waals surface area contributed by atoms with Crippen LogP contribution >= 0.6 is 11.6 Å². The van der Waals surface area contributed by atoms with Gasteiger partial charge in [0.05, 0.1) is 6.10 Å². The molecule has 0 saturated carbocycles. The Morgan fingerprint density at radius 3 is 2.24 bits per heavy atom. The van der Waals surface area contributed by atoms with Gasteiger partial charge in [0.1, 0.15) is 0 Å². The Morgan fingerprint density at radius 1 is 1.05 bits per heavy atom. The topological polar surface area (TPSA) is 23.5 Å². The molecule has 2 aromatic carbocycles. The van der Waals surface area contributed by atoms with Crippen molar-refractivity contribution >= 4 is 17.3 Å². The van der Waals surface area contributed by atoms with Crippen LogP contribution in [0.3, 0.4) is 0 Å². The normalized spacial score (nSPS) is 12.2. The minimum atomic E-state index is -0.457. The summed E-state index contributed by atoms with van der Waals surface area (Å²) in [6.45, 7) is 5.97. The maximum Gasteiger partial charge on any atom is 0.0806 e. The van der Waals surface area contributed by atoms with E-state index in [4.69, 9.17) is 11.6 Å². The number of aryl methyl sites for hydroxylation is 1. The van der Waals surface area contributed by atoms with Gasteiger partial charge in [-0.3, -0.25) is 0 Å². The van der Waals surface area contributed by atoms with Crippen molar-refractivity contribution in [2.75, 3.05) is 18.0 Å². The Balaban J connectivity index is 1.96. The molecule has 2 aromatic rings. The van der Waals surface area contributed by atoms with Gasteiger partial charge in [0, 0.05) is 23.8 Å². The van der Waals surface area contributed by atoms with E-state index in [0.717, 1.165) is 18.7 Å². The van der Waals surface area contributed by atoms with Crippen LogP contribution in [0.2, 0.25) is 5.02 Å². The lowest BCUT2D eigenvalue weighted by molar-refractivity contribution is 0.169. The summed E-state index contributed by atoms with van der Waals surface area (Å²) in [5.74, 6) is 0. The second-order valence-corrected chi connectivity index (χ2v) is 5.71. The average Bonchev–Trinajstić information content (AvgIpc) is 2.50. The third-order valence-corrected chi connectivity index (χ3v) is 3.96. The van der Waals surface area contributed by atoms with Gasteiger partial charge < -0.3 is 10.0 Å². The van der Waals surface area contributed by atoms with Crippen molar-refractivity contribution in [3.8, 4) is 0 Å². The predicted octanol–water partition coefficient (Wildman–Crippen LogP) is 4.60. The molecule has 112 valence electrons. The molecule has 0 aromatic heterocycles. The van der Waals surface area contributed by atoms with Crippen LogP contribution in [0, 0.1) is 6.92 Å². The summed E-state index contributed by atoms with van der Waals surface area (Å²) in [5, 5.41) is 11.0. The molecule has 0 heterocycles. The van der Waals surface area contributed by atoms with Gasteiger partial charge in [0.2, 0.25) is 0 Å². The third kappa shape index (κ3) is 4.48. The number of aliphatic hydroxyl groups excluding tert-OH is 1. The lowest BCUT2D eigenvalue weighted by Crippen LogP contribution is -2.25. The van der Waals surface area contributed by atoms with E-state index in [-0.39, 0.29) is 0 Å². The summed E-state index contributed by atoms with van der Waals surface area (Å²) < 4.78 is 0. The second-order valence-electron chi connectivity index (χ2n) is 5.27. The molecular weight excluding hydrogens is 282 g/mol. The highest BCUT2D eigenvalue weighted by Crippen LogP contribution is 2.21. The summed E-state index contributed by atoms with van der Waals surface area (Å²) >= 11 is 5.87. The summed E-state index contributed by atoms with van der Waals surface area (Å²) in [5.41, 5.74) is 3.38. The van der Waals surface area contributed by atoms with Gasteiger partial charge in [-0.2, -0.15) is 0 Å². The number of anilines is 1. The van der Waals surface area contributed by atoms with Crippen molar-refractivity contribution < 1.29 is 5.11 Å². The van der Waals surface area contributed by atoms with Crippen LogP contribution in [-0.2, 0) is 0 Å². The van der Waals surface area contributed by atoms with Crippen molar-refractivity contribution in [2.45, 2.75) is 26.4 Å². The molecule has 3 heteroatoms. The maximum atomic E-state index is 10.3. The molecule has 21 heavy (non-hydrogen) atoms. The summed E-state index contributed by atoms with van der Waals surface area (Å²) in [4.78, 5) is 2.28. The average molecular weight is 304 g/mol. The molecule has 0 aliphatic rings. The molecule has 0 saturated heterocycles. The van der Waals surface area contributed by atoms with Gasteiger partial charge in [-0.15, -0.1) is 0 Å². The number of rotatable bonds is 6. The maximum absolute atomic E-state index is 10.3. The summed E-state index contributed by atoms with van der Waals surface area (Å²) in [7, 11) is 0. The van der Waals surface area contributed by atoms with Crippen LogP contribution in [-0.4, -0.2) is 18.2 Å². The first-order chi connectivity index (χ1) is 10.1. The fraction of sp³-hybridized carbons (Fsp3) is 0.333. The highest BCUT2D eigenvalue weighted by Gasteiger charge is 2.10. The first kappa shape index (κ1) is 15.9. The Hall–Kier alpha value is -1.51. The third-order valence-electron chi connectivity index (χ3n) is 3.71. The predicted molar refractivity (Wildman–Crippen MR) is 90.1 cm³/mol. The molecule has 1 N–H and O–H groups in total. The molecule has 2 rings (SSSR count). The van der Waals surface area contributed by atoms with Crippen molar-refractivity contribution in [2.24, 2.45) is 0 Å². The van der Waals surface area contributed by atoms with Gasteiger partial charge in [-0.05, 0) is 50.1 Å². The molecule has 2 nitrogen and oxygen atoms in total. The van der Waals surface area contributed by atoms with Gasteiger partial charge in [-0.1, -0.05) is 41.4 Å². The van der Waals surface area contributed by atoms with E-state index in [0.29, 0.717) is 11.4 Å². The molecule has 0 aliphatic carbocycles. The number of benzene rings is 2. The minimum Gasteiger partial charge on any atom is -0.388 e. The van der Waals surface area contributed by atoms with E-state index in [2.05, 4.69) is 43.0 Å². The van der Waals surface area contributed by atoms with E-state index in [1.165, 1.54) is 11.3 Å². The fourth-order valence-electron chi connectivity index (χ4n) is 2.36. The lowest BCUT2D eigenvalue weighted by atomic mass is 10.1. The van der Waals surface area contributed by atoms with Crippen LogP contribution < -0.4 is 4.90 Å². The van der Waals surface area contributed by atoms with E-state index >= 15 is 0 Å². The van der Waals surface area contributed by atoms with Crippen molar-refractivity contribution in [3.63, 3.8) is 0 Å². The van der Waals surface area contributed by atoms with Crippen LogP contribution in [0.15, 0.2) is 48.5 Å². The number of halogens is 1. The fourth-order valence-corrected chi connectivity index (χ4v) is 2.48. The summed E-state index contributed by atoms with van der Waals surface area (Å²) in [6.07, 6.45) is 0.241. The van der Waals surface area contributed by atoms with Gasteiger partial charge in [0.15, 0.2) is 0 Å². The van der Waals surface area contributed by atoms with Crippen molar-refractivity contribution in [1.82, 2.24) is 0 Å². The van der Waals surface area contributed by atoms with E-state index < -0.39 is 6.10 Å². The molecule has 1 atom stereocenters.